The summed E-state index contributed by atoms with van der Waals surface area (Å²) in [5.74, 6) is -0.717. The predicted molar refractivity (Wildman–Crippen MR) is 164 cm³/mol. The van der Waals surface area contributed by atoms with Gasteiger partial charge in [0, 0.05) is 23.8 Å². The standard InChI is InChI=1S/C34H33N3O5/c1-22-8-6-7-11-28(22)35-34(41)36-29-14-12-23(18-31(29)42-2)19-32(38)37-17-16-26-20-25(13-15-30(26)37)27(21-33(39)40)24-9-4-3-5-10-24/h3-15,18,20,27H,16-17,19,21H2,1-2H3,(H,39,40)(H2,35,36,41)/t27-/m0/s1. The van der Waals surface area contributed by atoms with Crippen molar-refractivity contribution in [1.82, 2.24) is 0 Å². The van der Waals surface area contributed by atoms with E-state index in [1.54, 1.807) is 23.1 Å². The van der Waals surface area contributed by atoms with Crippen LogP contribution < -0.4 is 20.3 Å². The van der Waals surface area contributed by atoms with Crippen LogP contribution in [0.25, 0.3) is 0 Å². The van der Waals surface area contributed by atoms with Gasteiger partial charge in [0.25, 0.3) is 0 Å². The van der Waals surface area contributed by atoms with Crippen LogP contribution >= 0.6 is 0 Å². The fourth-order valence-corrected chi connectivity index (χ4v) is 5.39. The number of ether oxygens (including phenoxy) is 1. The molecule has 0 fully saturated rings. The van der Waals surface area contributed by atoms with Crippen molar-refractivity contribution in [3.05, 3.63) is 119 Å². The lowest BCUT2D eigenvalue weighted by atomic mass is 9.87. The van der Waals surface area contributed by atoms with Gasteiger partial charge < -0.3 is 25.4 Å². The molecule has 3 N–H and O–H groups in total. The minimum absolute atomic E-state index is 0.00825. The minimum atomic E-state index is -0.857. The van der Waals surface area contributed by atoms with Crippen LogP contribution in [-0.2, 0) is 22.4 Å². The number of hydrogen-bond acceptors (Lipinski definition) is 4. The van der Waals surface area contributed by atoms with Gasteiger partial charge >= 0.3 is 12.0 Å². The summed E-state index contributed by atoms with van der Waals surface area (Å²) < 4.78 is 5.51. The van der Waals surface area contributed by atoms with Crippen molar-refractivity contribution < 1.29 is 24.2 Å². The van der Waals surface area contributed by atoms with Crippen LogP contribution in [0.4, 0.5) is 21.9 Å². The highest BCUT2D eigenvalue weighted by Crippen LogP contribution is 2.35. The average molecular weight is 564 g/mol. The SMILES string of the molecule is COc1cc(CC(=O)N2CCc3cc([C@@H](CC(=O)O)c4ccccc4)ccc32)ccc1NC(=O)Nc1ccccc1C. The lowest BCUT2D eigenvalue weighted by molar-refractivity contribution is -0.137. The number of aryl methyl sites for hydroxylation is 1. The predicted octanol–water partition coefficient (Wildman–Crippen LogP) is 6.39. The molecule has 1 heterocycles. The number of aliphatic carboxylic acids is 1. The number of urea groups is 1. The summed E-state index contributed by atoms with van der Waals surface area (Å²) in [6.45, 7) is 2.48. The Morgan fingerprint density at radius 3 is 2.36 bits per heavy atom. The Hall–Kier alpha value is -5.11. The number of amides is 3. The van der Waals surface area contributed by atoms with Crippen LogP contribution in [0.5, 0.6) is 5.75 Å². The third-order valence-electron chi connectivity index (χ3n) is 7.55. The summed E-state index contributed by atoms with van der Waals surface area (Å²) in [6, 6.07) is 27.9. The van der Waals surface area contributed by atoms with Crippen LogP contribution in [-0.4, -0.2) is 36.7 Å². The Labute approximate surface area is 244 Å². The Bertz CT molecular complexity index is 1620. The number of carboxylic acid groups (broad SMARTS) is 1. The smallest absolute Gasteiger partial charge is 0.323 e. The molecule has 5 rings (SSSR count). The molecule has 4 aromatic carbocycles. The summed E-state index contributed by atoms with van der Waals surface area (Å²) in [4.78, 5) is 39.4. The van der Waals surface area contributed by atoms with Crippen molar-refractivity contribution in [2.75, 3.05) is 29.2 Å². The third kappa shape index (κ3) is 6.44. The van der Waals surface area contributed by atoms with Gasteiger partial charge in [0.15, 0.2) is 0 Å². The molecule has 0 aliphatic carbocycles. The molecule has 214 valence electrons. The van der Waals surface area contributed by atoms with Crippen LogP contribution in [0.2, 0.25) is 0 Å². The Balaban J connectivity index is 1.28. The van der Waals surface area contributed by atoms with E-state index in [4.69, 9.17) is 4.74 Å². The number of methoxy groups -OCH3 is 1. The summed E-state index contributed by atoms with van der Waals surface area (Å²) in [6.07, 6.45) is 0.857. The van der Waals surface area contributed by atoms with Gasteiger partial charge in [-0.25, -0.2) is 4.79 Å². The van der Waals surface area contributed by atoms with Gasteiger partial charge in [0.1, 0.15) is 5.75 Å². The molecule has 0 radical (unpaired) electrons. The lowest BCUT2D eigenvalue weighted by Crippen LogP contribution is -2.30. The number of carbonyl (C=O) groups is 3. The topological polar surface area (TPSA) is 108 Å². The highest BCUT2D eigenvalue weighted by Gasteiger charge is 2.27. The highest BCUT2D eigenvalue weighted by molar-refractivity contribution is 6.01. The maximum Gasteiger partial charge on any atom is 0.323 e. The molecular weight excluding hydrogens is 530 g/mol. The molecule has 3 amide bonds. The normalized spacial score (nSPS) is 12.8. The van der Waals surface area contributed by atoms with Gasteiger partial charge in [-0.2, -0.15) is 0 Å². The Morgan fingerprint density at radius 1 is 0.881 bits per heavy atom. The zero-order valence-corrected chi connectivity index (χ0v) is 23.6. The molecule has 1 aliphatic rings. The number of benzene rings is 4. The number of carbonyl (C=O) groups excluding carboxylic acids is 2. The molecule has 0 unspecified atom stereocenters. The van der Waals surface area contributed by atoms with E-state index in [1.165, 1.54) is 7.11 Å². The van der Waals surface area contributed by atoms with Crippen molar-refractivity contribution in [1.29, 1.82) is 0 Å². The second-order valence-electron chi connectivity index (χ2n) is 10.4. The summed E-state index contributed by atoms with van der Waals surface area (Å²) in [5, 5.41) is 15.2. The molecule has 1 aliphatic heterocycles. The van der Waals surface area contributed by atoms with Crippen molar-refractivity contribution in [3.8, 4) is 5.75 Å². The Morgan fingerprint density at radius 2 is 1.62 bits per heavy atom. The molecule has 8 heteroatoms. The summed E-state index contributed by atoms with van der Waals surface area (Å²) in [5.41, 5.74) is 6.68. The van der Waals surface area contributed by atoms with Crippen LogP contribution in [0.3, 0.4) is 0 Å². The molecular formula is C34H33N3O5. The average Bonchev–Trinajstić information content (AvgIpc) is 3.42. The van der Waals surface area contributed by atoms with Crippen LogP contribution in [0.1, 0.15) is 40.2 Å². The lowest BCUT2D eigenvalue weighted by Gasteiger charge is -2.20. The minimum Gasteiger partial charge on any atom is -0.495 e. The van der Waals surface area contributed by atoms with Crippen molar-refractivity contribution >= 4 is 35.0 Å². The molecule has 0 aromatic heterocycles. The number of para-hydroxylation sites is 1. The largest absolute Gasteiger partial charge is 0.495 e. The van der Waals surface area contributed by atoms with E-state index in [0.29, 0.717) is 30.1 Å². The third-order valence-corrected chi connectivity index (χ3v) is 7.55. The number of anilines is 3. The molecule has 0 spiro atoms. The molecule has 0 saturated heterocycles. The maximum atomic E-state index is 13.4. The number of rotatable bonds is 9. The van der Waals surface area contributed by atoms with E-state index in [9.17, 15) is 19.5 Å². The van der Waals surface area contributed by atoms with E-state index in [-0.39, 0.29) is 24.7 Å². The van der Waals surface area contributed by atoms with Crippen LogP contribution in [0.15, 0.2) is 91.0 Å². The van der Waals surface area contributed by atoms with Gasteiger partial charge in [-0.1, -0.05) is 66.7 Å². The van der Waals surface area contributed by atoms with Crippen molar-refractivity contribution in [3.63, 3.8) is 0 Å². The molecule has 0 bridgehead atoms. The quantitative estimate of drug-likeness (QED) is 0.219. The second kappa shape index (κ2) is 12.6. The van der Waals surface area contributed by atoms with Crippen LogP contribution in [0, 0.1) is 6.92 Å². The van der Waals surface area contributed by atoms with E-state index >= 15 is 0 Å². The van der Waals surface area contributed by atoms with E-state index in [2.05, 4.69) is 10.6 Å². The first-order valence-corrected chi connectivity index (χ1v) is 13.8. The van der Waals surface area contributed by atoms with Gasteiger partial charge in [-0.15, -0.1) is 0 Å². The van der Waals surface area contributed by atoms with Gasteiger partial charge in [-0.3, -0.25) is 9.59 Å². The number of fused-ring (bicyclic) bond motifs is 1. The van der Waals surface area contributed by atoms with Gasteiger partial charge in [0.2, 0.25) is 5.91 Å². The van der Waals surface area contributed by atoms with Crippen molar-refractivity contribution in [2.24, 2.45) is 0 Å². The Kier molecular flexibility index (Phi) is 8.52. The van der Waals surface area contributed by atoms with Crippen molar-refractivity contribution in [2.45, 2.75) is 32.1 Å². The monoisotopic (exact) mass is 563 g/mol. The number of carboxylic acids is 1. The molecule has 4 aromatic rings. The number of nitrogens with zero attached hydrogens (tertiary/aromatic N) is 1. The fourth-order valence-electron chi connectivity index (χ4n) is 5.39. The second-order valence-corrected chi connectivity index (χ2v) is 10.4. The summed E-state index contributed by atoms with van der Waals surface area (Å²) in [7, 11) is 1.52. The van der Waals surface area contributed by atoms with E-state index in [1.807, 2.05) is 79.7 Å². The first-order valence-electron chi connectivity index (χ1n) is 13.8. The molecule has 8 nitrogen and oxygen atoms in total. The first kappa shape index (κ1) is 28.4. The molecule has 42 heavy (non-hydrogen) atoms. The van der Waals surface area contributed by atoms with Gasteiger partial charge in [0.05, 0.1) is 25.6 Å². The van der Waals surface area contributed by atoms with E-state index < -0.39 is 12.0 Å². The number of hydrogen-bond donors (Lipinski definition) is 3. The molecule has 1 atom stereocenters. The van der Waals surface area contributed by atoms with E-state index in [0.717, 1.165) is 33.5 Å². The number of nitrogens with one attached hydrogen (secondary N) is 2. The maximum absolute atomic E-state index is 13.4. The molecule has 0 saturated carbocycles. The summed E-state index contributed by atoms with van der Waals surface area (Å²) >= 11 is 0. The fraction of sp³-hybridized carbons (Fsp3) is 0.206. The zero-order valence-electron chi connectivity index (χ0n) is 23.6. The zero-order chi connectivity index (χ0) is 29.6. The first-order chi connectivity index (χ1) is 20.3. The highest BCUT2D eigenvalue weighted by atomic mass is 16.5. The van der Waals surface area contributed by atoms with Gasteiger partial charge in [-0.05, 0) is 65.4 Å².